The molecule has 2 aromatic carbocycles. The highest BCUT2D eigenvalue weighted by Gasteiger charge is 2.52. The van der Waals surface area contributed by atoms with Crippen LogP contribution >= 0.6 is 0 Å². The third-order valence-electron chi connectivity index (χ3n) is 6.79. The summed E-state index contributed by atoms with van der Waals surface area (Å²) in [5.41, 5.74) is 2.26. The van der Waals surface area contributed by atoms with E-state index in [9.17, 15) is 9.59 Å². The number of carbonyl (C=O) groups is 2. The minimum Gasteiger partial charge on any atom is -0.496 e. The van der Waals surface area contributed by atoms with Crippen LogP contribution in [0.2, 0.25) is 0 Å². The number of piperazine rings is 1. The number of nitrogens with one attached hydrogen (secondary N) is 1. The molecule has 2 aliphatic heterocycles. The van der Waals surface area contributed by atoms with Gasteiger partial charge in [-0.1, -0.05) is 61.9 Å². The summed E-state index contributed by atoms with van der Waals surface area (Å²) in [4.78, 5) is 32.6. The molecule has 0 bridgehead atoms. The summed E-state index contributed by atoms with van der Waals surface area (Å²) >= 11 is 0. The molecule has 182 valence electrons. The van der Waals surface area contributed by atoms with E-state index in [-0.39, 0.29) is 17.9 Å². The Balaban J connectivity index is 1.41. The molecule has 0 spiro atoms. The number of hydrogen-bond donors (Lipinski definition) is 1. The van der Waals surface area contributed by atoms with Crippen molar-refractivity contribution in [3.63, 3.8) is 0 Å². The van der Waals surface area contributed by atoms with Crippen LogP contribution in [0.1, 0.15) is 37.0 Å². The van der Waals surface area contributed by atoms with Gasteiger partial charge in [0.05, 0.1) is 13.8 Å². The Morgan fingerprint density at radius 2 is 1.68 bits per heavy atom. The number of imide groups is 1. The first-order valence-electron chi connectivity index (χ1n) is 12.1. The van der Waals surface area contributed by atoms with Crippen molar-refractivity contribution >= 4 is 11.9 Å². The van der Waals surface area contributed by atoms with E-state index in [1.807, 2.05) is 36.4 Å². The van der Waals surface area contributed by atoms with E-state index in [0.717, 1.165) is 44.0 Å². The predicted molar refractivity (Wildman–Crippen MR) is 132 cm³/mol. The summed E-state index contributed by atoms with van der Waals surface area (Å²) in [5.74, 6) is 1.02. The number of carbonyl (C=O) groups excluding carboxylic acids is 2. The lowest BCUT2D eigenvalue weighted by Gasteiger charge is -2.36. The molecule has 34 heavy (non-hydrogen) atoms. The number of urea groups is 1. The van der Waals surface area contributed by atoms with Crippen LogP contribution in [0.3, 0.4) is 0 Å². The van der Waals surface area contributed by atoms with Crippen LogP contribution in [0.25, 0.3) is 0 Å². The Hall–Kier alpha value is -2.90. The maximum Gasteiger partial charge on any atom is 0.326 e. The molecule has 7 heteroatoms. The number of rotatable bonds is 8. The Bertz CT molecular complexity index is 1020. The van der Waals surface area contributed by atoms with E-state index >= 15 is 0 Å². The molecule has 2 saturated heterocycles. The molecule has 0 aromatic heterocycles. The van der Waals surface area contributed by atoms with E-state index in [1.54, 1.807) is 7.11 Å². The van der Waals surface area contributed by atoms with Gasteiger partial charge in [-0.2, -0.15) is 0 Å². The molecule has 0 radical (unpaired) electrons. The molecule has 2 fully saturated rings. The summed E-state index contributed by atoms with van der Waals surface area (Å²) < 4.78 is 5.53. The predicted octanol–water partition coefficient (Wildman–Crippen LogP) is 3.57. The van der Waals surface area contributed by atoms with Crippen LogP contribution in [0.15, 0.2) is 48.5 Å². The van der Waals surface area contributed by atoms with Crippen molar-refractivity contribution in [2.24, 2.45) is 5.92 Å². The first kappa shape index (κ1) is 24.2. The fourth-order valence-corrected chi connectivity index (χ4v) is 5.10. The number of methoxy groups -OCH3 is 1. The molecule has 0 unspecified atom stereocenters. The molecule has 1 N–H and O–H groups in total. The van der Waals surface area contributed by atoms with Crippen LogP contribution in [-0.4, -0.2) is 66.6 Å². The normalized spacial score (nSPS) is 21.9. The van der Waals surface area contributed by atoms with Crippen molar-refractivity contribution in [2.75, 3.05) is 40.0 Å². The zero-order chi connectivity index (χ0) is 24.3. The van der Waals surface area contributed by atoms with Gasteiger partial charge < -0.3 is 10.1 Å². The Morgan fingerprint density at radius 1 is 1.00 bits per heavy atom. The van der Waals surface area contributed by atoms with Crippen molar-refractivity contribution in [1.82, 2.24) is 20.0 Å². The van der Waals surface area contributed by atoms with Crippen molar-refractivity contribution in [2.45, 2.75) is 39.3 Å². The summed E-state index contributed by atoms with van der Waals surface area (Å²) in [6.45, 7) is 10.7. The van der Waals surface area contributed by atoms with Gasteiger partial charge in [-0.05, 0) is 30.9 Å². The van der Waals surface area contributed by atoms with Crippen LogP contribution in [-0.2, 0) is 16.9 Å². The molecule has 2 heterocycles. The molecule has 2 aliphatic rings. The maximum atomic E-state index is 13.6. The fraction of sp³-hybridized carbons (Fsp3) is 0.481. The van der Waals surface area contributed by atoms with Gasteiger partial charge in [-0.15, -0.1) is 0 Å². The number of ether oxygens (including phenoxy) is 1. The topological polar surface area (TPSA) is 65.1 Å². The molecule has 7 nitrogen and oxygen atoms in total. The van der Waals surface area contributed by atoms with Gasteiger partial charge >= 0.3 is 6.03 Å². The van der Waals surface area contributed by atoms with Gasteiger partial charge in [0.25, 0.3) is 5.91 Å². The van der Waals surface area contributed by atoms with E-state index < -0.39 is 5.54 Å². The van der Waals surface area contributed by atoms with E-state index in [4.69, 9.17) is 4.74 Å². The molecular weight excluding hydrogens is 428 g/mol. The van der Waals surface area contributed by atoms with Gasteiger partial charge in [0.1, 0.15) is 11.3 Å². The van der Waals surface area contributed by atoms with E-state index in [1.165, 1.54) is 16.0 Å². The van der Waals surface area contributed by atoms with Crippen molar-refractivity contribution in [3.8, 4) is 5.75 Å². The first-order chi connectivity index (χ1) is 16.3. The van der Waals surface area contributed by atoms with Crippen molar-refractivity contribution in [3.05, 3.63) is 65.2 Å². The lowest BCUT2D eigenvalue weighted by Crippen LogP contribution is -2.51. The number of aryl methyl sites for hydroxylation is 1. The molecule has 1 atom stereocenters. The zero-order valence-corrected chi connectivity index (χ0v) is 20.7. The second-order valence-corrected chi connectivity index (χ2v) is 9.88. The Morgan fingerprint density at radius 3 is 2.32 bits per heavy atom. The smallest absolute Gasteiger partial charge is 0.326 e. The fourth-order valence-electron chi connectivity index (χ4n) is 5.10. The van der Waals surface area contributed by atoms with Crippen LogP contribution < -0.4 is 10.1 Å². The largest absolute Gasteiger partial charge is 0.496 e. The summed E-state index contributed by atoms with van der Waals surface area (Å²) in [7, 11) is 1.71. The van der Waals surface area contributed by atoms with Gasteiger partial charge in [-0.25, -0.2) is 9.69 Å². The quantitative estimate of drug-likeness (QED) is 0.605. The number of benzene rings is 2. The standard InChI is InChI=1S/C27H36N4O3/c1-20(2)17-27(23-8-6-5-7-9-23)25(32)31(26(33)28-27)19-30-14-12-29(13-15-30)18-22-16-21(3)10-11-24(22)34-4/h5-11,16,20H,12-15,17-19H2,1-4H3,(H,28,33)/t27-/m0/s1. The average molecular weight is 465 g/mol. The number of nitrogens with zero attached hydrogens (tertiary/aromatic N) is 3. The SMILES string of the molecule is COc1ccc(C)cc1CN1CCN(CN2C(=O)N[C@@](CC(C)C)(c3ccccc3)C2=O)CC1. The summed E-state index contributed by atoms with van der Waals surface area (Å²) in [6.07, 6.45) is 0.574. The lowest BCUT2D eigenvalue weighted by atomic mass is 9.82. The highest BCUT2D eigenvalue weighted by molar-refractivity contribution is 6.07. The van der Waals surface area contributed by atoms with Crippen LogP contribution in [0.4, 0.5) is 4.79 Å². The van der Waals surface area contributed by atoms with Crippen LogP contribution in [0.5, 0.6) is 5.75 Å². The molecule has 0 aliphatic carbocycles. The van der Waals surface area contributed by atoms with Gasteiger partial charge in [0.2, 0.25) is 0 Å². The molecule has 0 saturated carbocycles. The third-order valence-corrected chi connectivity index (χ3v) is 6.79. The average Bonchev–Trinajstić information content (AvgIpc) is 3.05. The molecule has 4 rings (SSSR count). The minimum atomic E-state index is -0.990. The Labute approximate surface area is 202 Å². The van der Waals surface area contributed by atoms with Crippen molar-refractivity contribution < 1.29 is 14.3 Å². The number of amides is 3. The summed E-state index contributed by atoms with van der Waals surface area (Å²) in [6, 6.07) is 15.6. The summed E-state index contributed by atoms with van der Waals surface area (Å²) in [5, 5.41) is 3.05. The monoisotopic (exact) mass is 464 g/mol. The van der Waals surface area contributed by atoms with Gasteiger partial charge in [0.15, 0.2) is 0 Å². The van der Waals surface area contributed by atoms with Gasteiger partial charge in [0, 0.05) is 38.3 Å². The minimum absolute atomic E-state index is 0.149. The second-order valence-electron chi connectivity index (χ2n) is 9.88. The zero-order valence-electron chi connectivity index (χ0n) is 20.7. The Kier molecular flexibility index (Phi) is 7.24. The van der Waals surface area contributed by atoms with E-state index in [2.05, 4.69) is 48.0 Å². The second kappa shape index (κ2) is 10.2. The first-order valence-corrected chi connectivity index (χ1v) is 12.1. The molecule has 2 aromatic rings. The number of hydrogen-bond acceptors (Lipinski definition) is 5. The highest BCUT2D eigenvalue weighted by atomic mass is 16.5. The molecular formula is C27H36N4O3. The highest BCUT2D eigenvalue weighted by Crippen LogP contribution is 2.35. The lowest BCUT2D eigenvalue weighted by molar-refractivity contribution is -0.134. The van der Waals surface area contributed by atoms with Crippen molar-refractivity contribution in [1.29, 1.82) is 0 Å². The maximum absolute atomic E-state index is 13.6. The third kappa shape index (κ3) is 4.95. The van der Waals surface area contributed by atoms with Crippen LogP contribution in [0, 0.1) is 12.8 Å². The molecule has 3 amide bonds. The van der Waals surface area contributed by atoms with E-state index in [0.29, 0.717) is 13.1 Å². The van der Waals surface area contributed by atoms with Gasteiger partial charge in [-0.3, -0.25) is 14.6 Å².